The lowest BCUT2D eigenvalue weighted by Gasteiger charge is -2.29. The lowest BCUT2D eigenvalue weighted by Crippen LogP contribution is -2.46. The van der Waals surface area contributed by atoms with Gasteiger partial charge in [-0.25, -0.2) is 4.79 Å². The van der Waals surface area contributed by atoms with Crippen LogP contribution in [0.4, 0.5) is 36.8 Å². The Hall–Kier alpha value is -3.22. The molecule has 0 fully saturated rings. The molecule has 0 bridgehead atoms. The van der Waals surface area contributed by atoms with Crippen molar-refractivity contribution in [2.24, 2.45) is 13.0 Å². The van der Waals surface area contributed by atoms with E-state index in [0.717, 1.165) is 10.6 Å². The van der Waals surface area contributed by atoms with Crippen LogP contribution in [0, 0.1) is 5.92 Å². The van der Waals surface area contributed by atoms with Crippen LogP contribution in [-0.4, -0.2) is 59.7 Å². The van der Waals surface area contributed by atoms with Gasteiger partial charge in [0.15, 0.2) is 0 Å². The molecule has 1 aromatic carbocycles. The number of carbonyl (C=O) groups is 2. The maximum atomic E-state index is 13.2. The van der Waals surface area contributed by atoms with Gasteiger partial charge in [-0.1, -0.05) is 13.8 Å². The second-order valence-corrected chi connectivity index (χ2v) is 8.92. The number of ether oxygens (including phenoxy) is 1. The standard InChI is InChI=1S/C24H30F6N4O3/c1-16(2)13-34(15-21(35)33(8-9-37-4)14-20-6-5-7-32(20)3)22(36)31-19-11-17(23(25,26)27)10-18(12-19)24(28,29)30/h5-7,10-12,16H,8-9,13-15H2,1-4H3,(H,31,36). The lowest BCUT2D eigenvalue weighted by atomic mass is 10.1. The third kappa shape index (κ3) is 8.99. The van der Waals surface area contributed by atoms with Gasteiger partial charge < -0.3 is 24.4 Å². The van der Waals surface area contributed by atoms with Crippen molar-refractivity contribution in [3.05, 3.63) is 53.3 Å². The van der Waals surface area contributed by atoms with E-state index in [1.165, 1.54) is 12.0 Å². The highest BCUT2D eigenvalue weighted by Crippen LogP contribution is 2.37. The Morgan fingerprint density at radius 1 is 1.03 bits per heavy atom. The summed E-state index contributed by atoms with van der Waals surface area (Å²) in [6.45, 7) is 3.74. The summed E-state index contributed by atoms with van der Waals surface area (Å²) in [6.07, 6.45) is -8.32. The van der Waals surface area contributed by atoms with Gasteiger partial charge in [0.05, 0.1) is 24.3 Å². The van der Waals surface area contributed by atoms with Crippen LogP contribution in [0.25, 0.3) is 0 Å². The number of amides is 3. The van der Waals surface area contributed by atoms with Crippen molar-refractivity contribution in [2.45, 2.75) is 32.7 Å². The molecule has 0 aliphatic heterocycles. The van der Waals surface area contributed by atoms with Crippen LogP contribution in [0.3, 0.4) is 0 Å². The highest BCUT2D eigenvalue weighted by atomic mass is 19.4. The Kier molecular flexibility index (Phi) is 10.0. The number of rotatable bonds is 10. The van der Waals surface area contributed by atoms with Gasteiger partial charge in [0.25, 0.3) is 0 Å². The zero-order valence-electron chi connectivity index (χ0n) is 20.9. The molecule has 1 aromatic heterocycles. The zero-order valence-corrected chi connectivity index (χ0v) is 20.9. The molecule has 2 rings (SSSR count). The molecule has 0 atom stereocenters. The first-order valence-electron chi connectivity index (χ1n) is 11.3. The predicted octanol–water partition coefficient (Wildman–Crippen LogP) is 5.23. The van der Waals surface area contributed by atoms with Crippen molar-refractivity contribution in [1.29, 1.82) is 0 Å². The molecule has 0 saturated carbocycles. The quantitative estimate of drug-likeness (QED) is 0.423. The molecular weight excluding hydrogens is 506 g/mol. The number of hydrogen-bond donors (Lipinski definition) is 1. The Bertz CT molecular complexity index is 1030. The summed E-state index contributed by atoms with van der Waals surface area (Å²) < 4.78 is 86.1. The van der Waals surface area contributed by atoms with E-state index in [1.807, 2.05) is 10.6 Å². The number of methoxy groups -OCH3 is 1. The Balaban J connectivity index is 2.29. The number of carbonyl (C=O) groups excluding carboxylic acids is 2. The number of benzene rings is 1. The van der Waals surface area contributed by atoms with E-state index in [-0.39, 0.29) is 38.2 Å². The molecule has 0 radical (unpaired) electrons. The number of nitrogens with zero attached hydrogens (tertiary/aromatic N) is 3. The monoisotopic (exact) mass is 536 g/mol. The molecule has 0 aliphatic carbocycles. The first kappa shape index (κ1) is 30.0. The molecule has 0 spiro atoms. The summed E-state index contributed by atoms with van der Waals surface area (Å²) in [7, 11) is 3.27. The van der Waals surface area contributed by atoms with Crippen LogP contribution in [0.15, 0.2) is 36.5 Å². The number of hydrogen-bond acceptors (Lipinski definition) is 3. The van der Waals surface area contributed by atoms with E-state index in [0.29, 0.717) is 12.1 Å². The molecular formula is C24H30F6N4O3. The smallest absolute Gasteiger partial charge is 0.383 e. The van der Waals surface area contributed by atoms with Crippen molar-refractivity contribution in [2.75, 3.05) is 38.7 Å². The first-order valence-corrected chi connectivity index (χ1v) is 11.3. The molecule has 1 heterocycles. The van der Waals surface area contributed by atoms with E-state index in [9.17, 15) is 35.9 Å². The van der Waals surface area contributed by atoms with Gasteiger partial charge in [0.2, 0.25) is 5.91 Å². The normalized spacial score (nSPS) is 12.1. The highest BCUT2D eigenvalue weighted by Gasteiger charge is 2.37. The minimum absolute atomic E-state index is 0.0255. The highest BCUT2D eigenvalue weighted by molar-refractivity contribution is 5.92. The number of aromatic nitrogens is 1. The van der Waals surface area contributed by atoms with Gasteiger partial charge in [-0.2, -0.15) is 26.3 Å². The summed E-state index contributed by atoms with van der Waals surface area (Å²) in [5, 5.41) is 2.10. The lowest BCUT2D eigenvalue weighted by molar-refractivity contribution is -0.143. The predicted molar refractivity (Wildman–Crippen MR) is 125 cm³/mol. The maximum absolute atomic E-state index is 13.2. The largest absolute Gasteiger partial charge is 0.416 e. The van der Waals surface area contributed by atoms with E-state index < -0.39 is 47.6 Å². The van der Waals surface area contributed by atoms with Gasteiger partial charge in [-0.3, -0.25) is 4.79 Å². The van der Waals surface area contributed by atoms with Gasteiger partial charge in [-0.05, 0) is 36.2 Å². The number of halogens is 6. The van der Waals surface area contributed by atoms with Gasteiger partial charge in [-0.15, -0.1) is 0 Å². The summed E-state index contributed by atoms with van der Waals surface area (Å²) in [5.41, 5.74) is -2.99. The van der Waals surface area contributed by atoms with Crippen molar-refractivity contribution >= 4 is 17.6 Å². The molecule has 0 saturated heterocycles. The Morgan fingerprint density at radius 3 is 2.08 bits per heavy atom. The molecule has 7 nitrogen and oxygen atoms in total. The SMILES string of the molecule is COCCN(Cc1cccn1C)C(=O)CN(CC(C)C)C(=O)Nc1cc(C(F)(F)F)cc(C(F)(F)F)c1. The number of anilines is 1. The van der Waals surface area contributed by atoms with Crippen LogP contribution in [0.1, 0.15) is 30.7 Å². The van der Waals surface area contributed by atoms with E-state index in [2.05, 4.69) is 5.32 Å². The fraction of sp³-hybridized carbons (Fsp3) is 0.500. The summed E-state index contributed by atoms with van der Waals surface area (Å²) in [6, 6.07) is 3.43. The minimum Gasteiger partial charge on any atom is -0.383 e. The summed E-state index contributed by atoms with van der Waals surface area (Å²) >= 11 is 0. The number of aryl methyl sites for hydroxylation is 1. The van der Waals surface area contributed by atoms with Crippen molar-refractivity contribution in [3.8, 4) is 0 Å². The van der Waals surface area contributed by atoms with Crippen molar-refractivity contribution in [1.82, 2.24) is 14.4 Å². The summed E-state index contributed by atoms with van der Waals surface area (Å²) in [4.78, 5) is 28.6. The average molecular weight is 537 g/mol. The Labute approximate surface area is 211 Å². The van der Waals surface area contributed by atoms with Crippen LogP contribution in [0.5, 0.6) is 0 Å². The molecule has 206 valence electrons. The second kappa shape index (κ2) is 12.3. The van der Waals surface area contributed by atoms with Gasteiger partial charge in [0, 0.05) is 44.8 Å². The van der Waals surface area contributed by atoms with Gasteiger partial charge >= 0.3 is 18.4 Å². The molecule has 13 heteroatoms. The van der Waals surface area contributed by atoms with E-state index in [1.54, 1.807) is 33.2 Å². The van der Waals surface area contributed by atoms with Crippen LogP contribution in [-0.2, 0) is 35.5 Å². The van der Waals surface area contributed by atoms with Crippen LogP contribution >= 0.6 is 0 Å². The number of urea groups is 1. The third-order valence-corrected chi connectivity index (χ3v) is 5.36. The molecule has 1 N–H and O–H groups in total. The number of alkyl halides is 6. The fourth-order valence-electron chi connectivity index (χ4n) is 3.50. The van der Waals surface area contributed by atoms with Crippen LogP contribution < -0.4 is 5.32 Å². The minimum atomic E-state index is -5.06. The average Bonchev–Trinajstić information content (AvgIpc) is 3.18. The summed E-state index contributed by atoms with van der Waals surface area (Å²) in [5.74, 6) is -0.611. The molecule has 2 aromatic rings. The third-order valence-electron chi connectivity index (χ3n) is 5.36. The topological polar surface area (TPSA) is 66.8 Å². The molecule has 3 amide bonds. The van der Waals surface area contributed by atoms with Crippen molar-refractivity contribution < 1.29 is 40.7 Å². The zero-order chi connectivity index (χ0) is 28.0. The number of nitrogens with one attached hydrogen (secondary N) is 1. The van der Waals surface area contributed by atoms with E-state index >= 15 is 0 Å². The fourth-order valence-corrected chi connectivity index (χ4v) is 3.50. The molecule has 0 aliphatic rings. The molecule has 0 unspecified atom stereocenters. The second-order valence-electron chi connectivity index (χ2n) is 8.92. The van der Waals surface area contributed by atoms with Crippen LogP contribution in [0.2, 0.25) is 0 Å². The van der Waals surface area contributed by atoms with E-state index in [4.69, 9.17) is 4.74 Å². The molecule has 37 heavy (non-hydrogen) atoms. The van der Waals surface area contributed by atoms with Gasteiger partial charge in [0.1, 0.15) is 6.54 Å². The maximum Gasteiger partial charge on any atom is 0.416 e. The Morgan fingerprint density at radius 2 is 1.62 bits per heavy atom. The van der Waals surface area contributed by atoms with Crippen molar-refractivity contribution in [3.63, 3.8) is 0 Å². The first-order chi connectivity index (χ1) is 17.1.